The summed E-state index contributed by atoms with van der Waals surface area (Å²) in [6.45, 7) is 6.77. The summed E-state index contributed by atoms with van der Waals surface area (Å²) < 4.78 is 29.5. The molecule has 8 nitrogen and oxygen atoms in total. The Morgan fingerprint density at radius 3 is 2.88 bits per heavy atom. The van der Waals surface area contributed by atoms with Crippen LogP contribution >= 0.6 is 0 Å². The minimum Gasteiger partial charge on any atom is -0.379 e. The highest BCUT2D eigenvalue weighted by molar-refractivity contribution is 7.90. The van der Waals surface area contributed by atoms with Gasteiger partial charge in [-0.1, -0.05) is 0 Å². The van der Waals surface area contributed by atoms with Crippen LogP contribution in [0.3, 0.4) is 0 Å². The predicted octanol–water partition coefficient (Wildman–Crippen LogP) is 0.0912. The van der Waals surface area contributed by atoms with Gasteiger partial charge in [0.25, 0.3) is 0 Å². The molecule has 0 spiro atoms. The zero-order chi connectivity index (χ0) is 17.7. The lowest BCUT2D eigenvalue weighted by Gasteiger charge is -2.26. The minimum atomic E-state index is -3.34. The van der Waals surface area contributed by atoms with Crippen LogP contribution in [-0.2, 0) is 14.6 Å². The van der Waals surface area contributed by atoms with Crippen LogP contribution in [0, 0.1) is 0 Å². The van der Waals surface area contributed by atoms with E-state index >= 15 is 0 Å². The molecule has 0 aromatic carbocycles. The molecule has 1 aromatic heterocycles. The highest BCUT2D eigenvalue weighted by atomic mass is 32.2. The Bertz CT molecular complexity index is 670. The Morgan fingerprint density at radius 1 is 1.40 bits per heavy atom. The van der Waals surface area contributed by atoms with E-state index in [9.17, 15) is 8.42 Å². The third kappa shape index (κ3) is 5.10. The molecule has 0 aliphatic carbocycles. The first-order chi connectivity index (χ1) is 12.0. The molecule has 1 atom stereocenters. The number of hydrogen-bond donors (Lipinski definition) is 2. The predicted molar refractivity (Wildman–Crippen MR) is 95.7 cm³/mol. The summed E-state index contributed by atoms with van der Waals surface area (Å²) in [6.07, 6.45) is 4.64. The standard InChI is InChI=1S/C16H27N5O3S/c1-25(22,23)14-12-19-16(18-5-6-21-7-9-24-10-8-21)20-15(14)13-3-2-4-17-11-13/h12-13,17H,2-11H2,1H3,(H,18,19,20). The second kappa shape index (κ2) is 8.39. The molecule has 1 unspecified atom stereocenters. The van der Waals surface area contributed by atoms with E-state index in [1.54, 1.807) is 0 Å². The van der Waals surface area contributed by atoms with Gasteiger partial charge in [0.2, 0.25) is 5.95 Å². The second-order valence-corrected chi connectivity index (χ2v) is 8.62. The Kier molecular flexibility index (Phi) is 6.21. The van der Waals surface area contributed by atoms with E-state index in [0.717, 1.165) is 65.3 Å². The quantitative estimate of drug-likeness (QED) is 0.728. The lowest BCUT2D eigenvalue weighted by Crippen LogP contribution is -2.39. The molecule has 3 rings (SSSR count). The maximum atomic E-state index is 12.1. The fraction of sp³-hybridized carbons (Fsp3) is 0.750. The minimum absolute atomic E-state index is 0.112. The van der Waals surface area contributed by atoms with Crippen LogP contribution < -0.4 is 10.6 Å². The SMILES string of the molecule is CS(=O)(=O)c1cnc(NCCN2CCOCC2)nc1C1CCCNC1. The van der Waals surface area contributed by atoms with Crippen molar-refractivity contribution < 1.29 is 13.2 Å². The van der Waals surface area contributed by atoms with Crippen molar-refractivity contribution >= 4 is 15.8 Å². The first-order valence-corrected chi connectivity index (χ1v) is 10.7. The monoisotopic (exact) mass is 369 g/mol. The van der Waals surface area contributed by atoms with Crippen LogP contribution in [0.4, 0.5) is 5.95 Å². The molecule has 0 bridgehead atoms. The Labute approximate surface area is 149 Å². The third-order valence-corrected chi connectivity index (χ3v) is 5.79. The molecule has 140 valence electrons. The van der Waals surface area contributed by atoms with Gasteiger partial charge >= 0.3 is 0 Å². The van der Waals surface area contributed by atoms with Crippen molar-refractivity contribution in [1.29, 1.82) is 0 Å². The van der Waals surface area contributed by atoms with Gasteiger partial charge < -0.3 is 15.4 Å². The van der Waals surface area contributed by atoms with E-state index in [2.05, 4.69) is 25.5 Å². The zero-order valence-electron chi connectivity index (χ0n) is 14.7. The van der Waals surface area contributed by atoms with Crippen molar-refractivity contribution in [2.24, 2.45) is 0 Å². The molecule has 2 fully saturated rings. The Balaban J connectivity index is 1.69. The van der Waals surface area contributed by atoms with E-state index in [1.165, 1.54) is 12.5 Å². The van der Waals surface area contributed by atoms with Crippen molar-refractivity contribution in [2.45, 2.75) is 23.7 Å². The fourth-order valence-electron chi connectivity index (χ4n) is 3.28. The molecule has 25 heavy (non-hydrogen) atoms. The van der Waals surface area contributed by atoms with Gasteiger partial charge in [-0.05, 0) is 19.4 Å². The maximum absolute atomic E-state index is 12.1. The van der Waals surface area contributed by atoms with Gasteiger partial charge in [-0.3, -0.25) is 4.90 Å². The first kappa shape index (κ1) is 18.5. The molecule has 3 heterocycles. The summed E-state index contributed by atoms with van der Waals surface area (Å²) in [5.74, 6) is 0.613. The van der Waals surface area contributed by atoms with Gasteiger partial charge in [0, 0.05) is 44.9 Å². The van der Waals surface area contributed by atoms with E-state index in [4.69, 9.17) is 4.74 Å². The summed E-state index contributed by atoms with van der Waals surface area (Å²) in [6, 6.07) is 0. The maximum Gasteiger partial charge on any atom is 0.222 e. The van der Waals surface area contributed by atoms with Crippen LogP contribution in [0.1, 0.15) is 24.5 Å². The fourth-order valence-corrected chi connectivity index (χ4v) is 4.12. The Morgan fingerprint density at radius 2 is 2.20 bits per heavy atom. The molecule has 2 aliphatic heterocycles. The van der Waals surface area contributed by atoms with Crippen molar-refractivity contribution in [3.8, 4) is 0 Å². The van der Waals surface area contributed by atoms with Crippen LogP contribution in [-0.4, -0.2) is 82.0 Å². The highest BCUT2D eigenvalue weighted by Crippen LogP contribution is 2.27. The summed E-state index contributed by atoms with van der Waals surface area (Å²) >= 11 is 0. The Hall–Kier alpha value is -1.29. The molecular weight excluding hydrogens is 342 g/mol. The van der Waals surface area contributed by atoms with E-state index in [-0.39, 0.29) is 10.8 Å². The molecule has 0 amide bonds. The lowest BCUT2D eigenvalue weighted by atomic mass is 9.96. The summed E-state index contributed by atoms with van der Waals surface area (Å²) in [4.78, 5) is 11.4. The molecular formula is C16H27N5O3S. The first-order valence-electron chi connectivity index (χ1n) is 8.86. The average Bonchev–Trinajstić information content (AvgIpc) is 2.62. The summed E-state index contributed by atoms with van der Waals surface area (Å²) in [5, 5.41) is 6.55. The number of anilines is 1. The van der Waals surface area contributed by atoms with Crippen molar-refractivity contribution in [3.63, 3.8) is 0 Å². The van der Waals surface area contributed by atoms with Gasteiger partial charge in [0.1, 0.15) is 4.90 Å². The third-order valence-electron chi connectivity index (χ3n) is 4.68. The van der Waals surface area contributed by atoms with E-state index in [1.807, 2.05) is 0 Å². The molecule has 2 aliphatic rings. The number of piperidine rings is 1. The average molecular weight is 369 g/mol. The van der Waals surface area contributed by atoms with Crippen LogP contribution in [0.25, 0.3) is 0 Å². The van der Waals surface area contributed by atoms with Crippen molar-refractivity contribution in [3.05, 3.63) is 11.9 Å². The zero-order valence-corrected chi connectivity index (χ0v) is 15.5. The number of aromatic nitrogens is 2. The van der Waals surface area contributed by atoms with E-state index < -0.39 is 9.84 Å². The van der Waals surface area contributed by atoms with Crippen LogP contribution in [0.15, 0.2) is 11.1 Å². The van der Waals surface area contributed by atoms with Gasteiger partial charge in [0.15, 0.2) is 9.84 Å². The van der Waals surface area contributed by atoms with Gasteiger partial charge in [-0.2, -0.15) is 0 Å². The number of ether oxygens (including phenoxy) is 1. The molecule has 9 heteroatoms. The number of hydrogen-bond acceptors (Lipinski definition) is 8. The van der Waals surface area contributed by atoms with Crippen molar-refractivity contribution in [2.75, 3.05) is 64.1 Å². The number of sulfone groups is 1. The number of nitrogens with zero attached hydrogens (tertiary/aromatic N) is 3. The number of nitrogens with one attached hydrogen (secondary N) is 2. The van der Waals surface area contributed by atoms with Gasteiger partial charge in [0.05, 0.1) is 25.1 Å². The van der Waals surface area contributed by atoms with Crippen molar-refractivity contribution in [1.82, 2.24) is 20.2 Å². The number of morpholine rings is 1. The topological polar surface area (TPSA) is 96.5 Å². The lowest BCUT2D eigenvalue weighted by molar-refractivity contribution is 0.0398. The largest absolute Gasteiger partial charge is 0.379 e. The van der Waals surface area contributed by atoms with E-state index in [0.29, 0.717) is 11.6 Å². The molecule has 1 aromatic rings. The van der Waals surface area contributed by atoms with Crippen LogP contribution in [0.5, 0.6) is 0 Å². The molecule has 2 saturated heterocycles. The summed E-state index contributed by atoms with van der Waals surface area (Å²) in [5.41, 5.74) is 0.638. The highest BCUT2D eigenvalue weighted by Gasteiger charge is 2.25. The molecule has 0 saturated carbocycles. The molecule has 2 N–H and O–H groups in total. The van der Waals surface area contributed by atoms with Gasteiger partial charge in [-0.15, -0.1) is 0 Å². The second-order valence-electron chi connectivity index (χ2n) is 6.64. The summed E-state index contributed by atoms with van der Waals surface area (Å²) in [7, 11) is -3.34. The van der Waals surface area contributed by atoms with Crippen LogP contribution in [0.2, 0.25) is 0 Å². The normalized spacial score (nSPS) is 22.7. The number of rotatable bonds is 6. The van der Waals surface area contributed by atoms with Gasteiger partial charge in [-0.25, -0.2) is 18.4 Å². The molecule has 0 radical (unpaired) electrons. The smallest absolute Gasteiger partial charge is 0.222 e.